The highest BCUT2D eigenvalue weighted by molar-refractivity contribution is 6.21. The highest BCUT2D eigenvalue weighted by Crippen LogP contribution is 2.22. The average Bonchev–Trinajstić information content (AvgIpc) is 2.18. The van der Waals surface area contributed by atoms with Gasteiger partial charge in [-0.05, 0) is 12.8 Å². The number of carbonyl (C=O) groups excluding carboxylic acids is 1. The van der Waals surface area contributed by atoms with Crippen LogP contribution in [-0.2, 0) is 0 Å². The molecule has 0 bridgehead atoms. The molecular formula is C9H16ClFN2O. The summed E-state index contributed by atoms with van der Waals surface area (Å²) in [4.78, 5) is 11.2. The summed E-state index contributed by atoms with van der Waals surface area (Å²) < 4.78 is 11.7. The molecular weight excluding hydrogens is 207 g/mol. The number of amides is 2. The Morgan fingerprint density at radius 2 is 2.14 bits per heavy atom. The summed E-state index contributed by atoms with van der Waals surface area (Å²) in [7, 11) is 0. The number of urea groups is 1. The largest absolute Gasteiger partial charge is 0.336 e. The molecule has 2 atom stereocenters. The first-order valence-electron chi connectivity index (χ1n) is 4.98. The van der Waals surface area contributed by atoms with E-state index in [2.05, 4.69) is 10.6 Å². The molecule has 1 rings (SSSR count). The lowest BCUT2D eigenvalue weighted by atomic mass is 9.95. The molecule has 2 unspecified atom stereocenters. The number of nitrogens with one attached hydrogen (secondary N) is 2. The fraction of sp³-hybridized carbons (Fsp3) is 0.889. The maximum atomic E-state index is 11.7. The summed E-state index contributed by atoms with van der Waals surface area (Å²) in [5, 5.41) is 5.19. The van der Waals surface area contributed by atoms with E-state index in [-0.39, 0.29) is 24.0 Å². The van der Waals surface area contributed by atoms with Crippen molar-refractivity contribution in [2.24, 2.45) is 0 Å². The smallest absolute Gasteiger partial charge is 0.315 e. The van der Waals surface area contributed by atoms with Crippen molar-refractivity contribution in [1.29, 1.82) is 0 Å². The van der Waals surface area contributed by atoms with Crippen molar-refractivity contribution >= 4 is 17.6 Å². The molecule has 0 heterocycles. The predicted molar refractivity (Wildman–Crippen MR) is 54.4 cm³/mol. The van der Waals surface area contributed by atoms with Crippen molar-refractivity contribution in [1.82, 2.24) is 10.6 Å². The number of carbonyl (C=O) groups is 1. The topological polar surface area (TPSA) is 41.1 Å². The van der Waals surface area contributed by atoms with E-state index in [4.69, 9.17) is 11.6 Å². The second-order valence-electron chi connectivity index (χ2n) is 3.50. The van der Waals surface area contributed by atoms with Crippen molar-refractivity contribution < 1.29 is 9.18 Å². The number of rotatable bonds is 3. The Hall–Kier alpha value is -0.510. The molecule has 82 valence electrons. The summed E-state index contributed by atoms with van der Waals surface area (Å²) in [6, 6.07) is -0.287. The zero-order valence-corrected chi connectivity index (χ0v) is 8.82. The molecule has 0 spiro atoms. The van der Waals surface area contributed by atoms with Crippen LogP contribution in [-0.4, -0.2) is 30.7 Å². The van der Waals surface area contributed by atoms with Gasteiger partial charge in [-0.1, -0.05) is 12.8 Å². The molecule has 1 saturated carbocycles. The fourth-order valence-corrected chi connectivity index (χ4v) is 1.97. The zero-order chi connectivity index (χ0) is 10.4. The predicted octanol–water partition coefficient (Wildman–Crippen LogP) is 1.81. The SMILES string of the molecule is O=C(NCCF)NC1CCCCC1Cl. The van der Waals surface area contributed by atoms with E-state index in [1.807, 2.05) is 0 Å². The Morgan fingerprint density at radius 3 is 2.79 bits per heavy atom. The molecule has 0 saturated heterocycles. The monoisotopic (exact) mass is 222 g/mol. The minimum Gasteiger partial charge on any atom is -0.336 e. The third kappa shape index (κ3) is 3.70. The van der Waals surface area contributed by atoms with E-state index in [1.165, 1.54) is 0 Å². The minimum atomic E-state index is -0.539. The van der Waals surface area contributed by atoms with Crippen molar-refractivity contribution in [2.45, 2.75) is 37.1 Å². The van der Waals surface area contributed by atoms with E-state index in [0.29, 0.717) is 0 Å². The zero-order valence-electron chi connectivity index (χ0n) is 8.06. The molecule has 0 aliphatic heterocycles. The molecule has 2 N–H and O–H groups in total. The van der Waals surface area contributed by atoms with E-state index in [9.17, 15) is 9.18 Å². The maximum Gasteiger partial charge on any atom is 0.315 e. The lowest BCUT2D eigenvalue weighted by molar-refractivity contribution is 0.232. The van der Waals surface area contributed by atoms with E-state index in [0.717, 1.165) is 25.7 Å². The number of hydrogen-bond acceptors (Lipinski definition) is 1. The maximum absolute atomic E-state index is 11.7. The van der Waals surface area contributed by atoms with Crippen LogP contribution < -0.4 is 10.6 Å². The number of alkyl halides is 2. The summed E-state index contributed by atoms with van der Waals surface area (Å²) in [5.41, 5.74) is 0. The Bertz CT molecular complexity index is 192. The molecule has 3 nitrogen and oxygen atoms in total. The van der Waals surface area contributed by atoms with Gasteiger partial charge in [0.2, 0.25) is 0 Å². The molecule has 0 radical (unpaired) electrons. The molecule has 14 heavy (non-hydrogen) atoms. The van der Waals surface area contributed by atoms with Crippen LogP contribution in [0.15, 0.2) is 0 Å². The van der Waals surface area contributed by atoms with Crippen LogP contribution >= 0.6 is 11.6 Å². The first-order valence-corrected chi connectivity index (χ1v) is 5.42. The lowest BCUT2D eigenvalue weighted by Crippen LogP contribution is -2.47. The minimum absolute atomic E-state index is 0.0138. The van der Waals surface area contributed by atoms with Crippen molar-refractivity contribution in [3.63, 3.8) is 0 Å². The Balaban J connectivity index is 2.23. The molecule has 5 heteroatoms. The third-order valence-corrected chi connectivity index (χ3v) is 2.90. The van der Waals surface area contributed by atoms with Gasteiger partial charge >= 0.3 is 6.03 Å². The van der Waals surface area contributed by atoms with Gasteiger partial charge in [-0.25, -0.2) is 9.18 Å². The van der Waals surface area contributed by atoms with E-state index < -0.39 is 6.67 Å². The standard InChI is InChI=1S/C9H16ClFN2O/c10-7-3-1-2-4-8(7)13-9(14)12-6-5-11/h7-8H,1-6H2,(H2,12,13,14). The molecule has 1 aliphatic carbocycles. The van der Waals surface area contributed by atoms with Crippen LogP contribution in [0.2, 0.25) is 0 Å². The highest BCUT2D eigenvalue weighted by atomic mass is 35.5. The van der Waals surface area contributed by atoms with Gasteiger partial charge < -0.3 is 10.6 Å². The van der Waals surface area contributed by atoms with Crippen LogP contribution in [0.1, 0.15) is 25.7 Å². The van der Waals surface area contributed by atoms with Gasteiger partial charge in [-0.15, -0.1) is 11.6 Å². The van der Waals surface area contributed by atoms with Crippen LogP contribution in [0, 0.1) is 0 Å². The van der Waals surface area contributed by atoms with Crippen molar-refractivity contribution in [3.8, 4) is 0 Å². The summed E-state index contributed by atoms with van der Waals surface area (Å²) in [6.07, 6.45) is 4.07. The van der Waals surface area contributed by atoms with Gasteiger partial charge in [0.25, 0.3) is 0 Å². The van der Waals surface area contributed by atoms with Crippen LogP contribution in [0.3, 0.4) is 0 Å². The second kappa shape index (κ2) is 6.06. The highest BCUT2D eigenvalue weighted by Gasteiger charge is 2.24. The molecule has 0 aromatic heterocycles. The van der Waals surface area contributed by atoms with Crippen LogP contribution in [0.4, 0.5) is 9.18 Å². The average molecular weight is 223 g/mol. The van der Waals surface area contributed by atoms with E-state index >= 15 is 0 Å². The third-order valence-electron chi connectivity index (χ3n) is 2.38. The van der Waals surface area contributed by atoms with Gasteiger partial charge in [0.15, 0.2) is 0 Å². The van der Waals surface area contributed by atoms with Gasteiger partial charge in [-0.2, -0.15) is 0 Å². The van der Waals surface area contributed by atoms with Gasteiger partial charge in [-0.3, -0.25) is 0 Å². The van der Waals surface area contributed by atoms with Gasteiger partial charge in [0, 0.05) is 12.6 Å². The Morgan fingerprint density at radius 1 is 1.43 bits per heavy atom. The van der Waals surface area contributed by atoms with Crippen molar-refractivity contribution in [2.75, 3.05) is 13.2 Å². The fourth-order valence-electron chi connectivity index (χ4n) is 1.63. The quantitative estimate of drug-likeness (QED) is 0.703. The molecule has 0 aromatic carbocycles. The van der Waals surface area contributed by atoms with Gasteiger partial charge in [0.05, 0.1) is 5.38 Å². The van der Waals surface area contributed by atoms with E-state index in [1.54, 1.807) is 0 Å². The summed E-state index contributed by atoms with van der Waals surface area (Å²) in [6.45, 7) is -0.478. The summed E-state index contributed by atoms with van der Waals surface area (Å²) >= 11 is 6.04. The number of hydrogen-bond donors (Lipinski definition) is 2. The second-order valence-corrected chi connectivity index (χ2v) is 4.06. The van der Waals surface area contributed by atoms with Gasteiger partial charge in [0.1, 0.15) is 6.67 Å². The molecule has 2 amide bonds. The first kappa shape index (κ1) is 11.6. The number of halogens is 2. The van der Waals surface area contributed by atoms with Crippen LogP contribution in [0.25, 0.3) is 0 Å². The Kier molecular flexibility index (Phi) is 5.01. The Labute approximate surface area is 88.4 Å². The lowest BCUT2D eigenvalue weighted by Gasteiger charge is -2.27. The molecule has 1 aliphatic rings. The molecule has 0 aromatic rings. The normalized spacial score (nSPS) is 27.0. The first-order chi connectivity index (χ1) is 6.74. The van der Waals surface area contributed by atoms with Crippen LogP contribution in [0.5, 0.6) is 0 Å². The summed E-state index contributed by atoms with van der Waals surface area (Å²) in [5.74, 6) is 0. The molecule has 1 fully saturated rings. The van der Waals surface area contributed by atoms with Crippen molar-refractivity contribution in [3.05, 3.63) is 0 Å².